The van der Waals surface area contributed by atoms with Gasteiger partial charge >= 0.3 is 0 Å². The number of carbonyl (C=O) groups is 1. The molecule has 0 N–H and O–H groups in total. The Balaban J connectivity index is 1.70. The first-order valence-corrected chi connectivity index (χ1v) is 9.89. The second-order valence-corrected chi connectivity index (χ2v) is 7.37. The van der Waals surface area contributed by atoms with Crippen LogP contribution in [0, 0.1) is 12.7 Å². The van der Waals surface area contributed by atoms with Crippen LogP contribution in [0.1, 0.15) is 28.3 Å². The second kappa shape index (κ2) is 8.21. The molecular weight excluding hydrogens is 391 g/mol. The van der Waals surface area contributed by atoms with Crippen molar-refractivity contribution >= 4 is 23.2 Å². The molecule has 1 aliphatic heterocycles. The van der Waals surface area contributed by atoms with Crippen LogP contribution in [-0.2, 0) is 11.2 Å². The van der Waals surface area contributed by atoms with E-state index in [2.05, 4.69) is 4.98 Å². The third-order valence-electron chi connectivity index (χ3n) is 5.00. The number of carbonyl (C=O) groups excluding carboxylic acids is 1. The molecule has 0 saturated carbocycles. The number of fused-ring (bicyclic) bond motifs is 1. The zero-order valence-electron chi connectivity index (χ0n) is 15.9. The van der Waals surface area contributed by atoms with Crippen molar-refractivity contribution in [3.63, 3.8) is 0 Å². The SMILES string of the molecule is Cc1ccc([C@H]2COc3ncc(Cc4ccc(F)cc4)cc3N2C(=O)CCl)cc1. The van der Waals surface area contributed by atoms with Crippen molar-refractivity contribution in [3.05, 3.63) is 88.9 Å². The number of nitrogens with zero attached hydrogens (tertiary/aromatic N) is 2. The topological polar surface area (TPSA) is 42.4 Å². The lowest BCUT2D eigenvalue weighted by molar-refractivity contribution is -0.117. The second-order valence-electron chi connectivity index (χ2n) is 7.11. The Hall–Kier alpha value is -2.92. The largest absolute Gasteiger partial charge is 0.474 e. The fraction of sp³-hybridized carbons (Fsp3) is 0.217. The van der Waals surface area contributed by atoms with Crippen molar-refractivity contribution in [1.82, 2.24) is 4.98 Å². The summed E-state index contributed by atoms with van der Waals surface area (Å²) in [5.74, 6) is -0.202. The number of amides is 1. The molecule has 1 aliphatic rings. The summed E-state index contributed by atoms with van der Waals surface area (Å²) < 4.78 is 19.0. The molecule has 0 fully saturated rings. The summed E-state index contributed by atoms with van der Waals surface area (Å²) in [6.07, 6.45) is 2.29. The van der Waals surface area contributed by atoms with Gasteiger partial charge in [0.25, 0.3) is 0 Å². The van der Waals surface area contributed by atoms with Gasteiger partial charge in [0.15, 0.2) is 0 Å². The fourth-order valence-electron chi connectivity index (χ4n) is 3.51. The maximum absolute atomic E-state index is 13.2. The van der Waals surface area contributed by atoms with Gasteiger partial charge in [-0.25, -0.2) is 9.37 Å². The van der Waals surface area contributed by atoms with Crippen LogP contribution < -0.4 is 9.64 Å². The number of aryl methyl sites for hydroxylation is 1. The standard InChI is InChI=1S/C23H20ClFN2O2/c1-15-2-6-18(7-3-15)21-14-29-23-20(27(21)22(28)12-24)11-17(13-26-23)10-16-4-8-19(25)9-5-16/h2-9,11,13,21H,10,12,14H2,1H3/t21-/m1/s1. The Labute approximate surface area is 173 Å². The van der Waals surface area contributed by atoms with Gasteiger partial charge in [-0.05, 0) is 48.2 Å². The van der Waals surface area contributed by atoms with E-state index in [0.717, 1.165) is 22.3 Å². The van der Waals surface area contributed by atoms with Crippen LogP contribution in [0.15, 0.2) is 60.8 Å². The number of halogens is 2. The third-order valence-corrected chi connectivity index (χ3v) is 5.23. The average Bonchev–Trinajstić information content (AvgIpc) is 2.74. The molecule has 1 amide bonds. The van der Waals surface area contributed by atoms with Gasteiger partial charge in [0, 0.05) is 6.20 Å². The molecule has 0 aliphatic carbocycles. The first-order chi connectivity index (χ1) is 14.0. The highest BCUT2D eigenvalue weighted by Gasteiger charge is 2.34. The molecule has 0 spiro atoms. The summed E-state index contributed by atoms with van der Waals surface area (Å²) in [6, 6.07) is 16.0. The minimum atomic E-state index is -0.280. The molecule has 4 nitrogen and oxygen atoms in total. The maximum Gasteiger partial charge on any atom is 0.242 e. The average molecular weight is 411 g/mol. The smallest absolute Gasteiger partial charge is 0.242 e. The highest BCUT2D eigenvalue weighted by atomic mass is 35.5. The molecule has 0 saturated heterocycles. The van der Waals surface area contributed by atoms with Crippen LogP contribution in [-0.4, -0.2) is 23.4 Å². The normalized spacial score (nSPS) is 15.6. The van der Waals surface area contributed by atoms with Crippen molar-refractivity contribution in [1.29, 1.82) is 0 Å². The minimum Gasteiger partial charge on any atom is -0.474 e. The molecule has 148 valence electrons. The molecule has 0 bridgehead atoms. The van der Waals surface area contributed by atoms with Crippen molar-refractivity contribution < 1.29 is 13.9 Å². The van der Waals surface area contributed by atoms with Crippen molar-refractivity contribution in [2.45, 2.75) is 19.4 Å². The summed E-state index contributed by atoms with van der Waals surface area (Å²) in [5, 5.41) is 0. The molecule has 3 aromatic rings. The van der Waals surface area contributed by atoms with Gasteiger partial charge < -0.3 is 4.74 Å². The molecule has 0 radical (unpaired) electrons. The van der Waals surface area contributed by atoms with Gasteiger partial charge in [-0.2, -0.15) is 0 Å². The molecule has 1 aromatic heterocycles. The lowest BCUT2D eigenvalue weighted by Gasteiger charge is -2.36. The number of hydrogen-bond acceptors (Lipinski definition) is 3. The fourth-order valence-corrected chi connectivity index (χ4v) is 3.64. The Morgan fingerprint density at radius 2 is 1.90 bits per heavy atom. The number of aromatic nitrogens is 1. The van der Waals surface area contributed by atoms with E-state index in [1.165, 1.54) is 12.1 Å². The molecule has 1 atom stereocenters. The highest BCUT2D eigenvalue weighted by Crippen LogP contribution is 2.39. The van der Waals surface area contributed by atoms with Crippen LogP contribution in [0.2, 0.25) is 0 Å². The van der Waals surface area contributed by atoms with Crippen molar-refractivity contribution in [2.75, 3.05) is 17.4 Å². The molecule has 0 unspecified atom stereocenters. The number of alkyl halides is 1. The quantitative estimate of drug-likeness (QED) is 0.579. The summed E-state index contributed by atoms with van der Waals surface area (Å²) >= 11 is 5.93. The van der Waals surface area contributed by atoms with Gasteiger partial charge in [-0.1, -0.05) is 42.0 Å². The minimum absolute atomic E-state index is 0.135. The third kappa shape index (κ3) is 4.10. The van der Waals surface area contributed by atoms with Crippen LogP contribution >= 0.6 is 11.6 Å². The molecule has 2 heterocycles. The number of anilines is 1. The summed E-state index contributed by atoms with van der Waals surface area (Å²) in [5.41, 5.74) is 4.58. The first kappa shape index (κ1) is 19.4. The van der Waals surface area contributed by atoms with E-state index in [9.17, 15) is 9.18 Å². The Morgan fingerprint density at radius 3 is 2.59 bits per heavy atom. The number of hydrogen-bond donors (Lipinski definition) is 0. The number of pyridine rings is 1. The summed E-state index contributed by atoms with van der Waals surface area (Å²) in [4.78, 5) is 18.8. The Morgan fingerprint density at radius 1 is 1.17 bits per heavy atom. The molecule has 6 heteroatoms. The lowest BCUT2D eigenvalue weighted by Crippen LogP contribution is -2.42. The summed E-state index contributed by atoms with van der Waals surface area (Å²) in [6.45, 7) is 2.33. The zero-order chi connectivity index (χ0) is 20.4. The maximum atomic E-state index is 13.2. The van der Waals surface area contributed by atoms with Crippen LogP contribution in [0.3, 0.4) is 0 Å². The van der Waals surface area contributed by atoms with E-state index in [4.69, 9.17) is 16.3 Å². The highest BCUT2D eigenvalue weighted by molar-refractivity contribution is 6.29. The van der Waals surface area contributed by atoms with E-state index in [-0.39, 0.29) is 23.6 Å². The van der Waals surface area contributed by atoms with Gasteiger partial charge in [-0.3, -0.25) is 9.69 Å². The van der Waals surface area contributed by atoms with E-state index < -0.39 is 0 Å². The van der Waals surface area contributed by atoms with Crippen LogP contribution in [0.4, 0.5) is 10.1 Å². The molecule has 4 rings (SSSR count). The van der Waals surface area contributed by atoms with Crippen molar-refractivity contribution in [3.8, 4) is 5.88 Å². The van der Waals surface area contributed by atoms with E-state index in [1.807, 2.05) is 37.3 Å². The van der Waals surface area contributed by atoms with E-state index in [0.29, 0.717) is 24.6 Å². The van der Waals surface area contributed by atoms with Crippen LogP contribution in [0.25, 0.3) is 0 Å². The van der Waals surface area contributed by atoms with Crippen molar-refractivity contribution in [2.24, 2.45) is 0 Å². The lowest BCUT2D eigenvalue weighted by atomic mass is 10.0. The van der Waals surface area contributed by atoms with Gasteiger partial charge in [0.05, 0.1) is 6.04 Å². The molecule has 2 aromatic carbocycles. The monoisotopic (exact) mass is 410 g/mol. The summed E-state index contributed by atoms with van der Waals surface area (Å²) in [7, 11) is 0. The number of ether oxygens (including phenoxy) is 1. The predicted octanol–water partition coefficient (Wildman–Crippen LogP) is 4.83. The zero-order valence-corrected chi connectivity index (χ0v) is 16.7. The first-order valence-electron chi connectivity index (χ1n) is 9.36. The Bertz CT molecular complexity index is 1020. The van der Waals surface area contributed by atoms with Gasteiger partial charge in [0.1, 0.15) is 24.0 Å². The Kier molecular flexibility index (Phi) is 5.49. The number of rotatable bonds is 4. The van der Waals surface area contributed by atoms with Gasteiger partial charge in [0.2, 0.25) is 11.8 Å². The van der Waals surface area contributed by atoms with Crippen LogP contribution in [0.5, 0.6) is 5.88 Å². The number of benzene rings is 2. The van der Waals surface area contributed by atoms with E-state index >= 15 is 0 Å². The molecule has 29 heavy (non-hydrogen) atoms. The van der Waals surface area contributed by atoms with E-state index in [1.54, 1.807) is 23.2 Å². The molecular formula is C23H20ClFN2O2. The predicted molar refractivity (Wildman–Crippen MR) is 111 cm³/mol. The van der Waals surface area contributed by atoms with Gasteiger partial charge in [-0.15, -0.1) is 11.6 Å².